The molecule has 2 aliphatic heterocycles. The summed E-state index contributed by atoms with van der Waals surface area (Å²) in [5.74, 6) is 0.267. The molecule has 2 aromatic carbocycles. The van der Waals surface area contributed by atoms with Crippen molar-refractivity contribution < 1.29 is 9.53 Å². The number of ether oxygens (including phenoxy) is 1. The molecule has 7 heteroatoms. The summed E-state index contributed by atoms with van der Waals surface area (Å²) in [6, 6.07) is 15.6. The van der Waals surface area contributed by atoms with Crippen LogP contribution in [-0.4, -0.2) is 40.0 Å². The predicted octanol–water partition coefficient (Wildman–Crippen LogP) is 3.65. The summed E-state index contributed by atoms with van der Waals surface area (Å²) < 4.78 is 7.46. The number of hydrogen-bond acceptors (Lipinski definition) is 5. The van der Waals surface area contributed by atoms with Gasteiger partial charge in [-0.1, -0.05) is 42.1 Å². The molecular weight excluding hydrogens is 410 g/mol. The van der Waals surface area contributed by atoms with Crippen molar-refractivity contribution in [1.82, 2.24) is 9.55 Å². The first-order valence-corrected chi connectivity index (χ1v) is 11.7. The summed E-state index contributed by atoms with van der Waals surface area (Å²) in [6.07, 6.45) is 2.82. The molecule has 0 aliphatic carbocycles. The fourth-order valence-corrected chi connectivity index (χ4v) is 5.42. The van der Waals surface area contributed by atoms with Gasteiger partial charge in [0.25, 0.3) is 5.56 Å². The summed E-state index contributed by atoms with van der Waals surface area (Å²) in [5, 5.41) is 1.17. The van der Waals surface area contributed by atoms with Crippen molar-refractivity contribution in [3.8, 4) is 0 Å². The highest BCUT2D eigenvalue weighted by atomic mass is 32.2. The number of thioether (sulfide) groups is 1. The van der Waals surface area contributed by atoms with Crippen LogP contribution in [0.25, 0.3) is 10.9 Å². The average Bonchev–Trinajstić information content (AvgIpc) is 3.41. The van der Waals surface area contributed by atoms with E-state index in [9.17, 15) is 9.59 Å². The van der Waals surface area contributed by atoms with Gasteiger partial charge in [0, 0.05) is 18.3 Å². The summed E-state index contributed by atoms with van der Waals surface area (Å²) >= 11 is 1.34. The smallest absolute Gasteiger partial charge is 0.262 e. The van der Waals surface area contributed by atoms with Crippen LogP contribution in [0.2, 0.25) is 0 Å². The molecule has 0 radical (unpaired) electrons. The number of amides is 1. The van der Waals surface area contributed by atoms with Crippen LogP contribution in [0.5, 0.6) is 0 Å². The molecule has 0 unspecified atom stereocenters. The third-order valence-electron chi connectivity index (χ3n) is 6.04. The number of hydrogen-bond donors (Lipinski definition) is 0. The van der Waals surface area contributed by atoms with Crippen LogP contribution in [0.15, 0.2) is 58.5 Å². The Morgan fingerprint density at radius 2 is 2.00 bits per heavy atom. The van der Waals surface area contributed by atoms with Gasteiger partial charge in [0.05, 0.1) is 29.3 Å². The fraction of sp³-hybridized carbons (Fsp3) is 0.375. The van der Waals surface area contributed by atoms with E-state index in [0.717, 1.165) is 31.6 Å². The minimum atomic E-state index is -0.0732. The number of fused-ring (bicyclic) bond motifs is 2. The fourth-order valence-electron chi connectivity index (χ4n) is 4.55. The molecule has 6 nitrogen and oxygen atoms in total. The molecular formula is C24H25N3O3S. The molecule has 5 rings (SSSR count). The van der Waals surface area contributed by atoms with Gasteiger partial charge in [-0.25, -0.2) is 4.98 Å². The molecule has 3 heterocycles. The van der Waals surface area contributed by atoms with Crippen molar-refractivity contribution in [2.24, 2.45) is 0 Å². The van der Waals surface area contributed by atoms with Gasteiger partial charge in [-0.15, -0.1) is 0 Å². The van der Waals surface area contributed by atoms with Crippen molar-refractivity contribution >= 4 is 34.3 Å². The molecule has 0 saturated carbocycles. The monoisotopic (exact) mass is 435 g/mol. The van der Waals surface area contributed by atoms with E-state index in [1.54, 1.807) is 10.6 Å². The topological polar surface area (TPSA) is 64.4 Å². The second-order valence-electron chi connectivity index (χ2n) is 8.20. The van der Waals surface area contributed by atoms with Crippen molar-refractivity contribution in [2.45, 2.75) is 50.0 Å². The highest BCUT2D eigenvalue weighted by Gasteiger charge is 2.30. The summed E-state index contributed by atoms with van der Waals surface area (Å²) in [5.41, 5.74) is 2.78. The molecule has 31 heavy (non-hydrogen) atoms. The summed E-state index contributed by atoms with van der Waals surface area (Å²) in [6.45, 7) is 3.27. The van der Waals surface area contributed by atoms with Gasteiger partial charge in [-0.05, 0) is 49.9 Å². The largest absolute Gasteiger partial charge is 0.376 e. The molecule has 1 fully saturated rings. The molecule has 1 saturated heterocycles. The van der Waals surface area contributed by atoms with Gasteiger partial charge in [-0.3, -0.25) is 14.2 Å². The zero-order valence-electron chi connectivity index (χ0n) is 17.5. The maximum absolute atomic E-state index is 13.2. The van der Waals surface area contributed by atoms with E-state index < -0.39 is 0 Å². The molecule has 2 atom stereocenters. The lowest BCUT2D eigenvalue weighted by Crippen LogP contribution is -2.37. The second kappa shape index (κ2) is 8.48. The summed E-state index contributed by atoms with van der Waals surface area (Å²) in [7, 11) is 0. The van der Waals surface area contributed by atoms with Crippen LogP contribution in [-0.2, 0) is 22.5 Å². The molecule has 0 N–H and O–H groups in total. The van der Waals surface area contributed by atoms with E-state index in [1.807, 2.05) is 41.3 Å². The van der Waals surface area contributed by atoms with Crippen molar-refractivity contribution in [2.75, 3.05) is 17.3 Å². The predicted molar refractivity (Wildman–Crippen MR) is 123 cm³/mol. The number of rotatable bonds is 5. The Bertz CT molecular complexity index is 1190. The Kier molecular flexibility index (Phi) is 5.54. The van der Waals surface area contributed by atoms with Crippen molar-refractivity contribution in [3.63, 3.8) is 0 Å². The van der Waals surface area contributed by atoms with Gasteiger partial charge in [-0.2, -0.15) is 0 Å². The Balaban J connectivity index is 1.43. The third kappa shape index (κ3) is 3.88. The van der Waals surface area contributed by atoms with Crippen LogP contribution in [0, 0.1) is 0 Å². The van der Waals surface area contributed by atoms with Crippen molar-refractivity contribution in [3.05, 3.63) is 64.4 Å². The van der Waals surface area contributed by atoms with Crippen LogP contribution in [0.1, 0.15) is 25.3 Å². The zero-order chi connectivity index (χ0) is 21.4. The lowest BCUT2D eigenvalue weighted by atomic mass is 10.1. The van der Waals surface area contributed by atoms with Crippen LogP contribution >= 0.6 is 11.8 Å². The Morgan fingerprint density at radius 1 is 1.19 bits per heavy atom. The van der Waals surface area contributed by atoms with E-state index in [1.165, 1.54) is 17.3 Å². The minimum Gasteiger partial charge on any atom is -0.376 e. The average molecular weight is 436 g/mol. The first-order valence-electron chi connectivity index (χ1n) is 10.8. The highest BCUT2D eigenvalue weighted by Crippen LogP contribution is 2.33. The molecule has 0 spiro atoms. The first kappa shape index (κ1) is 20.3. The number of carbonyl (C=O) groups excluding carboxylic acids is 1. The van der Waals surface area contributed by atoms with Gasteiger partial charge < -0.3 is 9.64 Å². The van der Waals surface area contributed by atoms with E-state index >= 15 is 0 Å². The Labute approximate surface area is 185 Å². The number of anilines is 1. The lowest BCUT2D eigenvalue weighted by molar-refractivity contribution is -0.116. The number of aromatic nitrogens is 2. The molecule has 160 valence electrons. The minimum absolute atomic E-state index is 0.0150. The van der Waals surface area contributed by atoms with Gasteiger partial charge in [0.1, 0.15) is 0 Å². The van der Waals surface area contributed by atoms with E-state index in [4.69, 9.17) is 9.72 Å². The Hall–Kier alpha value is -2.64. The normalized spacial score (nSPS) is 20.4. The standard InChI is InChI=1S/C24H25N3O3S/c1-16-13-17-7-2-5-11-21(17)27(16)22(28)15-31-24-25-20-10-4-3-9-19(20)23(29)26(24)14-18-8-6-12-30-18/h2-5,7,9-11,16,18H,6,8,12-15H2,1H3/t16-,18-/m0/s1. The zero-order valence-corrected chi connectivity index (χ0v) is 18.3. The number of nitrogens with zero attached hydrogens (tertiary/aromatic N) is 3. The third-order valence-corrected chi connectivity index (χ3v) is 7.00. The van der Waals surface area contributed by atoms with E-state index in [-0.39, 0.29) is 29.4 Å². The number of para-hydroxylation sites is 2. The molecule has 0 bridgehead atoms. The maximum Gasteiger partial charge on any atom is 0.262 e. The van der Waals surface area contributed by atoms with Crippen LogP contribution in [0.4, 0.5) is 5.69 Å². The van der Waals surface area contributed by atoms with Crippen LogP contribution in [0.3, 0.4) is 0 Å². The highest BCUT2D eigenvalue weighted by molar-refractivity contribution is 7.99. The SMILES string of the molecule is C[C@H]1Cc2ccccc2N1C(=O)CSc1nc2ccccc2c(=O)n1C[C@@H]1CCCO1. The maximum atomic E-state index is 13.2. The number of benzene rings is 2. The van der Waals surface area contributed by atoms with E-state index in [2.05, 4.69) is 13.0 Å². The molecule has 2 aliphatic rings. The number of carbonyl (C=O) groups is 1. The van der Waals surface area contributed by atoms with Gasteiger partial charge >= 0.3 is 0 Å². The second-order valence-corrected chi connectivity index (χ2v) is 9.14. The first-order chi connectivity index (χ1) is 15.1. The van der Waals surface area contributed by atoms with Crippen LogP contribution < -0.4 is 10.5 Å². The van der Waals surface area contributed by atoms with Crippen molar-refractivity contribution in [1.29, 1.82) is 0 Å². The Morgan fingerprint density at radius 3 is 2.84 bits per heavy atom. The van der Waals surface area contributed by atoms with Gasteiger partial charge in [0.15, 0.2) is 5.16 Å². The molecule has 1 amide bonds. The van der Waals surface area contributed by atoms with Gasteiger partial charge in [0.2, 0.25) is 5.91 Å². The summed E-state index contributed by atoms with van der Waals surface area (Å²) in [4.78, 5) is 33.0. The molecule has 1 aromatic heterocycles. The quantitative estimate of drug-likeness (QED) is 0.452. The molecule has 3 aromatic rings. The lowest BCUT2D eigenvalue weighted by Gasteiger charge is -2.23. The van der Waals surface area contributed by atoms with E-state index in [0.29, 0.717) is 22.6 Å².